The van der Waals surface area contributed by atoms with E-state index < -0.39 is 0 Å². The molecule has 1 unspecified atom stereocenters. The highest BCUT2D eigenvalue weighted by Crippen LogP contribution is 2.21. The molecule has 2 amide bonds. The lowest BCUT2D eigenvalue weighted by atomic mass is 10.2. The number of carbonyl (C=O) groups is 2. The lowest BCUT2D eigenvalue weighted by Crippen LogP contribution is -2.58. The van der Waals surface area contributed by atoms with Crippen LogP contribution in [0.4, 0.5) is 0 Å². The van der Waals surface area contributed by atoms with Crippen LogP contribution in [0.2, 0.25) is 0 Å². The highest BCUT2D eigenvalue weighted by Gasteiger charge is 2.24. The van der Waals surface area contributed by atoms with Crippen molar-refractivity contribution in [2.45, 2.75) is 37.8 Å². The van der Waals surface area contributed by atoms with E-state index in [4.69, 9.17) is 0 Å². The predicted octanol–water partition coefficient (Wildman–Crippen LogP) is -0.935. The Morgan fingerprint density at radius 3 is 2.79 bits per heavy atom. The number of piperazine rings is 1. The summed E-state index contributed by atoms with van der Waals surface area (Å²) in [5.41, 5.74) is 0. The summed E-state index contributed by atoms with van der Waals surface area (Å²) in [7, 11) is 2.13. The normalized spacial score (nSPS) is 24.5. The van der Waals surface area contributed by atoms with Crippen LogP contribution in [0.1, 0.15) is 25.7 Å². The van der Waals surface area contributed by atoms with E-state index in [0.717, 1.165) is 6.54 Å². The van der Waals surface area contributed by atoms with E-state index in [9.17, 15) is 9.59 Å². The summed E-state index contributed by atoms with van der Waals surface area (Å²) in [5.74, 6) is -0.0789. The van der Waals surface area contributed by atoms with Crippen LogP contribution >= 0.6 is 0 Å². The summed E-state index contributed by atoms with van der Waals surface area (Å²) in [6, 6.07) is 0.387. The molecule has 0 aromatic heterocycles. The third kappa shape index (κ3) is 4.18. The summed E-state index contributed by atoms with van der Waals surface area (Å²) in [5, 5.41) is 8.54. The highest BCUT2D eigenvalue weighted by molar-refractivity contribution is 5.86. The molecule has 0 aromatic rings. The Morgan fingerprint density at radius 1 is 1.42 bits per heavy atom. The summed E-state index contributed by atoms with van der Waals surface area (Å²) in [6.07, 6.45) is 5.21. The van der Waals surface area contributed by atoms with E-state index >= 15 is 0 Å². The molecule has 1 saturated heterocycles. The molecule has 19 heavy (non-hydrogen) atoms. The average Bonchev–Trinajstić information content (AvgIpc) is 2.93. The zero-order chi connectivity index (χ0) is 13.7. The van der Waals surface area contributed by atoms with Crippen LogP contribution in [0.5, 0.6) is 0 Å². The first-order valence-electron chi connectivity index (χ1n) is 7.15. The number of amides is 2. The molecule has 1 aliphatic heterocycles. The molecular formula is C13H24N4O2. The molecule has 1 aliphatic carbocycles. The van der Waals surface area contributed by atoms with Crippen molar-refractivity contribution in [2.75, 3.05) is 33.2 Å². The van der Waals surface area contributed by atoms with Gasteiger partial charge in [-0.1, -0.05) is 12.8 Å². The third-order valence-electron chi connectivity index (χ3n) is 4.04. The van der Waals surface area contributed by atoms with Crippen LogP contribution in [0, 0.1) is 0 Å². The van der Waals surface area contributed by atoms with Crippen LogP contribution in [0.15, 0.2) is 0 Å². The van der Waals surface area contributed by atoms with Gasteiger partial charge in [-0.05, 0) is 19.9 Å². The number of hydrogen-bond acceptors (Lipinski definition) is 4. The Labute approximate surface area is 114 Å². The molecule has 2 fully saturated rings. The first-order valence-corrected chi connectivity index (χ1v) is 7.15. The average molecular weight is 268 g/mol. The SMILES string of the molecule is CN(CCNC(=O)C1CNC(=O)CN1)C1CCCC1. The smallest absolute Gasteiger partial charge is 0.239 e. The van der Waals surface area contributed by atoms with E-state index in [1.54, 1.807) is 0 Å². The lowest BCUT2D eigenvalue weighted by Gasteiger charge is -2.26. The molecule has 3 N–H and O–H groups in total. The van der Waals surface area contributed by atoms with Crippen molar-refractivity contribution in [1.29, 1.82) is 0 Å². The second-order valence-electron chi connectivity index (χ2n) is 5.45. The topological polar surface area (TPSA) is 73.5 Å². The molecule has 0 bridgehead atoms. The Bertz CT molecular complexity index is 319. The molecule has 0 aromatic carbocycles. The standard InChI is InChI=1S/C13H24N4O2/c1-17(10-4-2-3-5-10)7-6-14-13(19)11-8-16-12(18)9-15-11/h10-11,15H,2-9H2,1H3,(H,14,19)(H,16,18). The van der Waals surface area contributed by atoms with Gasteiger partial charge in [-0.3, -0.25) is 14.9 Å². The fraction of sp³-hybridized carbons (Fsp3) is 0.846. The first kappa shape index (κ1) is 14.3. The van der Waals surface area contributed by atoms with Gasteiger partial charge in [0.05, 0.1) is 6.54 Å². The second-order valence-corrected chi connectivity index (χ2v) is 5.45. The lowest BCUT2D eigenvalue weighted by molar-refractivity contribution is -0.126. The van der Waals surface area contributed by atoms with Crippen molar-refractivity contribution < 1.29 is 9.59 Å². The first-order chi connectivity index (χ1) is 9.16. The van der Waals surface area contributed by atoms with Gasteiger partial charge < -0.3 is 15.5 Å². The largest absolute Gasteiger partial charge is 0.353 e. The van der Waals surface area contributed by atoms with Crippen molar-refractivity contribution >= 4 is 11.8 Å². The minimum absolute atomic E-state index is 0.0279. The summed E-state index contributed by atoms with van der Waals surface area (Å²) < 4.78 is 0. The van der Waals surface area contributed by atoms with Gasteiger partial charge in [-0.2, -0.15) is 0 Å². The maximum absolute atomic E-state index is 11.9. The molecular weight excluding hydrogens is 244 g/mol. The number of likely N-dealkylation sites (N-methyl/N-ethyl adjacent to an activating group) is 1. The van der Waals surface area contributed by atoms with Gasteiger partial charge in [0.25, 0.3) is 0 Å². The van der Waals surface area contributed by atoms with Crippen LogP contribution in [-0.2, 0) is 9.59 Å². The second kappa shape index (κ2) is 6.86. The number of nitrogens with one attached hydrogen (secondary N) is 3. The van der Waals surface area contributed by atoms with Gasteiger partial charge in [0.1, 0.15) is 6.04 Å². The van der Waals surface area contributed by atoms with E-state index in [0.29, 0.717) is 19.1 Å². The summed E-state index contributed by atoms with van der Waals surface area (Å²) >= 11 is 0. The van der Waals surface area contributed by atoms with Crippen LogP contribution < -0.4 is 16.0 Å². The molecule has 6 nitrogen and oxygen atoms in total. The Morgan fingerprint density at radius 2 is 2.16 bits per heavy atom. The van der Waals surface area contributed by atoms with Crippen molar-refractivity contribution in [3.05, 3.63) is 0 Å². The van der Waals surface area contributed by atoms with Crippen molar-refractivity contribution in [1.82, 2.24) is 20.9 Å². The van der Waals surface area contributed by atoms with Gasteiger partial charge >= 0.3 is 0 Å². The Kier molecular flexibility index (Phi) is 5.15. The van der Waals surface area contributed by atoms with Gasteiger partial charge in [0.2, 0.25) is 11.8 Å². The van der Waals surface area contributed by atoms with Gasteiger partial charge in [0.15, 0.2) is 0 Å². The molecule has 0 spiro atoms. The minimum Gasteiger partial charge on any atom is -0.353 e. The zero-order valence-corrected chi connectivity index (χ0v) is 11.6. The maximum Gasteiger partial charge on any atom is 0.239 e. The van der Waals surface area contributed by atoms with Crippen LogP contribution in [-0.4, -0.2) is 62.0 Å². The number of hydrogen-bond donors (Lipinski definition) is 3. The van der Waals surface area contributed by atoms with Crippen LogP contribution in [0.3, 0.4) is 0 Å². The summed E-state index contributed by atoms with van der Waals surface area (Å²) in [6.45, 7) is 2.15. The predicted molar refractivity (Wildman–Crippen MR) is 72.7 cm³/mol. The van der Waals surface area contributed by atoms with E-state index in [2.05, 4.69) is 27.9 Å². The fourth-order valence-corrected chi connectivity index (χ4v) is 2.76. The van der Waals surface area contributed by atoms with Gasteiger partial charge in [-0.25, -0.2) is 0 Å². The minimum atomic E-state index is -0.297. The number of rotatable bonds is 5. The summed E-state index contributed by atoms with van der Waals surface area (Å²) in [4.78, 5) is 25.2. The number of nitrogens with zero attached hydrogens (tertiary/aromatic N) is 1. The van der Waals surface area contributed by atoms with Crippen molar-refractivity contribution in [3.8, 4) is 0 Å². The molecule has 1 saturated carbocycles. The zero-order valence-electron chi connectivity index (χ0n) is 11.6. The molecule has 6 heteroatoms. The quantitative estimate of drug-likeness (QED) is 0.602. The molecule has 2 aliphatic rings. The van der Waals surface area contributed by atoms with E-state index in [1.807, 2.05) is 0 Å². The van der Waals surface area contributed by atoms with E-state index in [1.165, 1.54) is 25.7 Å². The fourth-order valence-electron chi connectivity index (χ4n) is 2.76. The van der Waals surface area contributed by atoms with Crippen molar-refractivity contribution in [3.63, 3.8) is 0 Å². The van der Waals surface area contributed by atoms with Gasteiger partial charge in [-0.15, -0.1) is 0 Å². The Balaban J connectivity index is 1.62. The van der Waals surface area contributed by atoms with Gasteiger partial charge in [0, 0.05) is 25.7 Å². The maximum atomic E-state index is 11.9. The van der Waals surface area contributed by atoms with Crippen LogP contribution in [0.25, 0.3) is 0 Å². The van der Waals surface area contributed by atoms with Crippen molar-refractivity contribution in [2.24, 2.45) is 0 Å². The molecule has 108 valence electrons. The highest BCUT2D eigenvalue weighted by atomic mass is 16.2. The Hall–Kier alpha value is -1.14. The number of carbonyl (C=O) groups excluding carboxylic acids is 2. The monoisotopic (exact) mass is 268 g/mol. The molecule has 1 heterocycles. The molecule has 0 radical (unpaired) electrons. The third-order valence-corrected chi connectivity index (χ3v) is 4.04. The molecule has 1 atom stereocenters. The van der Waals surface area contributed by atoms with E-state index in [-0.39, 0.29) is 24.4 Å². The molecule has 2 rings (SSSR count).